The van der Waals surface area contributed by atoms with Crippen molar-refractivity contribution in [2.75, 3.05) is 47.8 Å². The minimum Gasteiger partial charge on any atom is -0.507 e. The lowest BCUT2D eigenvalue weighted by Crippen LogP contribution is -2.54. The number of amides is 1. The maximum absolute atomic E-state index is 16.4. The van der Waals surface area contributed by atoms with Gasteiger partial charge in [-0.25, -0.2) is 28.1 Å². The largest absolute Gasteiger partial charge is 0.507 e. The third kappa shape index (κ3) is 8.77. The van der Waals surface area contributed by atoms with Crippen LogP contribution in [-0.4, -0.2) is 115 Å². The number of nitrogens with one attached hydrogen (secondary N) is 2. The fourth-order valence-corrected chi connectivity index (χ4v) is 10.4. The highest BCUT2D eigenvalue weighted by atomic mass is 79.9. The number of aryl methyl sites for hydroxylation is 2. The van der Waals surface area contributed by atoms with Crippen molar-refractivity contribution in [1.29, 1.82) is 0 Å². The number of aromatic nitrogens is 10. The summed E-state index contributed by atoms with van der Waals surface area (Å²) in [4.78, 5) is 63.3. The molecule has 6 aromatic heterocycles. The second kappa shape index (κ2) is 19.0. The maximum Gasteiger partial charge on any atom is 0.355 e. The second-order valence-corrected chi connectivity index (χ2v) is 20.1. The molecule has 0 unspecified atom stereocenters. The van der Waals surface area contributed by atoms with Crippen LogP contribution in [0.2, 0.25) is 0 Å². The number of carbonyl (C=O) groups is 1. The van der Waals surface area contributed by atoms with E-state index in [1.54, 1.807) is 27.9 Å². The van der Waals surface area contributed by atoms with Crippen molar-refractivity contribution in [3.8, 4) is 22.7 Å². The minimum atomic E-state index is -0.929. The molecule has 3 N–H and O–H groups in total. The molecule has 72 heavy (non-hydrogen) atoms. The van der Waals surface area contributed by atoms with E-state index in [2.05, 4.69) is 71.9 Å². The van der Waals surface area contributed by atoms with E-state index in [4.69, 9.17) is 15.0 Å². The molecule has 372 valence electrons. The van der Waals surface area contributed by atoms with Gasteiger partial charge in [0.05, 0.1) is 57.1 Å². The molecule has 2 aliphatic rings. The summed E-state index contributed by atoms with van der Waals surface area (Å²) in [5, 5.41) is 22.5. The number of pyridine rings is 2. The van der Waals surface area contributed by atoms with E-state index in [-0.39, 0.29) is 73.5 Å². The number of anilines is 3. The number of phenolic OH excluding ortho intramolecular Hbond substituents is 1. The first kappa shape index (κ1) is 48.2. The number of carbonyl (C=O) groups excluding carboxylic acids is 1. The van der Waals surface area contributed by atoms with Crippen LogP contribution in [0, 0.1) is 25.5 Å². The smallest absolute Gasteiger partial charge is 0.355 e. The fraction of sp³-hybridized carbons (Fsp3) is 0.353. The zero-order chi connectivity index (χ0) is 50.9. The summed E-state index contributed by atoms with van der Waals surface area (Å²) in [6.07, 6.45) is 3.33. The van der Waals surface area contributed by atoms with Gasteiger partial charge in [-0.15, -0.1) is 0 Å². The lowest BCUT2D eigenvalue weighted by molar-refractivity contribution is -0.128. The Hall–Kier alpha value is -7.39. The van der Waals surface area contributed by atoms with Gasteiger partial charge >= 0.3 is 5.69 Å². The average Bonchev–Trinajstić information content (AvgIpc) is 3.88. The molecule has 21 heteroatoms. The Morgan fingerprint density at radius 2 is 1.74 bits per heavy atom. The lowest BCUT2D eigenvalue weighted by atomic mass is 10.0. The van der Waals surface area contributed by atoms with Crippen LogP contribution in [0.3, 0.4) is 0 Å². The van der Waals surface area contributed by atoms with Crippen LogP contribution in [0.25, 0.3) is 44.7 Å². The number of imidazole rings is 1. The Labute approximate surface area is 421 Å². The number of fused-ring (bicyclic) bond motifs is 3. The molecular weight excluding hydrogens is 989 g/mol. The second-order valence-electron chi connectivity index (χ2n) is 19.2. The Kier molecular flexibility index (Phi) is 12.7. The topological polar surface area (TPSA) is 193 Å². The van der Waals surface area contributed by atoms with Crippen LogP contribution in [0.1, 0.15) is 63.2 Å². The van der Waals surface area contributed by atoms with Gasteiger partial charge in [0.2, 0.25) is 11.9 Å². The van der Waals surface area contributed by atoms with Gasteiger partial charge < -0.3 is 35.0 Å². The number of halogens is 3. The summed E-state index contributed by atoms with van der Waals surface area (Å²) in [5.41, 5.74) is 3.64. The molecule has 8 aromatic rings. The van der Waals surface area contributed by atoms with E-state index in [0.717, 1.165) is 40.2 Å². The molecule has 0 bridgehead atoms. The third-order valence-corrected chi connectivity index (χ3v) is 13.9. The molecule has 1 amide bonds. The number of piperazine rings is 2. The van der Waals surface area contributed by atoms with Crippen molar-refractivity contribution in [1.82, 2.24) is 58.9 Å². The van der Waals surface area contributed by atoms with Gasteiger partial charge in [-0.05, 0) is 104 Å². The van der Waals surface area contributed by atoms with E-state index in [0.29, 0.717) is 45.9 Å². The minimum absolute atomic E-state index is 0.0000598. The molecular formula is C51H54BrF2N15O3. The van der Waals surface area contributed by atoms with Crippen LogP contribution < -0.4 is 26.1 Å². The molecule has 18 nitrogen and oxygen atoms in total. The monoisotopic (exact) mass is 1040 g/mol. The van der Waals surface area contributed by atoms with Gasteiger partial charge in [0.25, 0.3) is 5.91 Å². The highest BCUT2D eigenvalue weighted by molar-refractivity contribution is 9.10. The summed E-state index contributed by atoms with van der Waals surface area (Å²) in [7, 11) is 0. The van der Waals surface area contributed by atoms with Crippen LogP contribution in [-0.2, 0) is 17.9 Å². The molecule has 0 spiro atoms. The van der Waals surface area contributed by atoms with Crippen molar-refractivity contribution in [3.63, 3.8) is 0 Å². The SMILES string of the molecule is C=C(Cn1c(CNc2nc(N3C[C@@H](C)N[C@@H](C)C3)nc3c(Br)cnn23)nc2cc(C)ccc21)C(=O)N1CCN(c2nc(=O)n(-c3c(C)ccnc3C(C)C)c3nc(-c4c(O)cccc4F)c(F)cc23)[C@@H](C)C1. The van der Waals surface area contributed by atoms with Gasteiger partial charge in [0.1, 0.15) is 28.9 Å². The molecule has 0 saturated carbocycles. The standard InChI is InChI=1S/C51H54BrF2N15O3/c1-26(2)42-44(28(4)14-15-55-42)68-46-33(19-36(54)43(60-46)41-35(53)10-9-11-39(41)70)45(62-51(68)72)66-17-16-64(25-32(66)8)48(71)29(5)22-67-38-13-12-27(3)18-37(38)59-40(67)21-56-49-63-50(61-47-34(52)20-57-69(47)49)65-23-30(6)58-31(7)24-65/h9-15,18-20,26,30-32,58,70H,5,16-17,21-25H2,1-4,6-8H3,(H,56,61,63)/t30-,31+,32-/m0/s1. The van der Waals surface area contributed by atoms with E-state index >= 15 is 8.78 Å². The van der Waals surface area contributed by atoms with Gasteiger partial charge in [-0.1, -0.05) is 32.6 Å². The van der Waals surface area contributed by atoms with E-state index < -0.39 is 40.4 Å². The van der Waals surface area contributed by atoms with Crippen LogP contribution in [0.5, 0.6) is 5.75 Å². The van der Waals surface area contributed by atoms with Crippen molar-refractivity contribution in [2.45, 2.75) is 85.6 Å². The molecule has 2 fully saturated rings. The van der Waals surface area contributed by atoms with Gasteiger partial charge in [-0.2, -0.15) is 24.6 Å². The van der Waals surface area contributed by atoms with E-state index in [1.165, 1.54) is 22.8 Å². The predicted octanol–water partition coefficient (Wildman–Crippen LogP) is 7.21. The fourth-order valence-electron chi connectivity index (χ4n) is 10.0. The first-order valence-electron chi connectivity index (χ1n) is 23.9. The maximum atomic E-state index is 16.4. The number of hydrogen-bond acceptors (Lipinski definition) is 14. The van der Waals surface area contributed by atoms with Gasteiger partial charge in [-0.3, -0.25) is 9.78 Å². The molecule has 0 aliphatic carbocycles. The highest BCUT2D eigenvalue weighted by Crippen LogP contribution is 2.37. The van der Waals surface area contributed by atoms with Crippen molar-refractivity contribution >= 4 is 67.3 Å². The lowest BCUT2D eigenvalue weighted by Gasteiger charge is -2.41. The molecule has 10 rings (SSSR count). The average molecular weight is 1040 g/mol. The first-order chi connectivity index (χ1) is 34.4. The number of hydrogen-bond donors (Lipinski definition) is 3. The van der Waals surface area contributed by atoms with Crippen molar-refractivity contribution < 1.29 is 18.7 Å². The van der Waals surface area contributed by atoms with Crippen LogP contribution >= 0.6 is 15.9 Å². The first-order valence-corrected chi connectivity index (χ1v) is 24.7. The summed E-state index contributed by atoms with van der Waals surface area (Å²) in [5.74, 6) is -0.872. The summed E-state index contributed by atoms with van der Waals surface area (Å²) in [6, 6.07) is 12.6. The number of nitrogens with zero attached hydrogens (tertiary/aromatic N) is 13. The number of phenols is 1. The molecule has 2 aromatic carbocycles. The number of rotatable bonds is 11. The molecule has 2 aliphatic heterocycles. The van der Waals surface area contributed by atoms with Gasteiger partial charge in [0.15, 0.2) is 17.1 Å². The molecule has 3 atom stereocenters. The van der Waals surface area contributed by atoms with Gasteiger partial charge in [0, 0.05) is 62.6 Å². The van der Waals surface area contributed by atoms with Crippen LogP contribution in [0.15, 0.2) is 82.3 Å². The number of aromatic hydroxyl groups is 1. The Balaban J connectivity index is 0.937. The Bertz CT molecular complexity index is 3510. The Morgan fingerprint density at radius 3 is 2.47 bits per heavy atom. The summed E-state index contributed by atoms with van der Waals surface area (Å²) in [6.45, 7) is 20.7. The zero-order valence-corrected chi connectivity index (χ0v) is 42.5. The zero-order valence-electron chi connectivity index (χ0n) is 41.0. The van der Waals surface area contributed by atoms with Crippen LogP contribution in [0.4, 0.5) is 26.5 Å². The van der Waals surface area contributed by atoms with E-state index in [1.807, 2.05) is 62.3 Å². The molecule has 8 heterocycles. The number of benzene rings is 2. The highest BCUT2D eigenvalue weighted by Gasteiger charge is 2.33. The predicted molar refractivity (Wildman–Crippen MR) is 276 cm³/mol. The Morgan fingerprint density at radius 1 is 0.958 bits per heavy atom. The van der Waals surface area contributed by atoms with Crippen molar-refractivity contribution in [2.24, 2.45) is 0 Å². The normalized spacial score (nSPS) is 17.5. The summed E-state index contributed by atoms with van der Waals surface area (Å²) < 4.78 is 37.4. The van der Waals surface area contributed by atoms with Crippen molar-refractivity contribution in [3.05, 3.63) is 122 Å². The third-order valence-electron chi connectivity index (χ3n) is 13.3. The van der Waals surface area contributed by atoms with E-state index in [9.17, 15) is 14.7 Å². The summed E-state index contributed by atoms with van der Waals surface area (Å²) >= 11 is 3.61. The molecule has 0 radical (unpaired) electrons. The molecule has 2 saturated heterocycles. The quantitative estimate of drug-likeness (QED) is 0.110.